The van der Waals surface area contributed by atoms with Crippen molar-refractivity contribution in [3.8, 4) is 11.5 Å². The zero-order chi connectivity index (χ0) is 21.2. The molecule has 0 spiro atoms. The Morgan fingerprint density at radius 2 is 1.87 bits per heavy atom. The quantitative estimate of drug-likeness (QED) is 0.735. The van der Waals surface area contributed by atoms with Gasteiger partial charge in [-0.2, -0.15) is 0 Å². The first-order chi connectivity index (χ1) is 15.2. The average Bonchev–Trinajstić information content (AvgIpc) is 3.21. The number of rotatable bonds is 3. The molecule has 2 aromatic carbocycles. The van der Waals surface area contributed by atoms with Crippen LogP contribution < -0.4 is 14.4 Å². The molecule has 8 heteroatoms. The number of nitrogens with zero attached hydrogens (tertiary/aromatic N) is 3. The van der Waals surface area contributed by atoms with Gasteiger partial charge in [0.15, 0.2) is 16.7 Å². The average molecular weight is 438 g/mol. The molecule has 5 rings (SSSR count). The molecule has 0 unspecified atom stereocenters. The van der Waals surface area contributed by atoms with Gasteiger partial charge in [0.1, 0.15) is 13.2 Å². The number of amides is 2. The molecule has 0 aromatic heterocycles. The number of hydrogen-bond acceptors (Lipinski definition) is 6. The molecule has 0 radical (unpaired) electrons. The molecule has 3 aliphatic rings. The van der Waals surface area contributed by atoms with Crippen LogP contribution in [0.3, 0.4) is 0 Å². The second kappa shape index (κ2) is 8.63. The van der Waals surface area contributed by atoms with Crippen molar-refractivity contribution >= 4 is 40.1 Å². The number of hydrogen-bond donors (Lipinski definition) is 0. The molecule has 2 fully saturated rings. The van der Waals surface area contributed by atoms with Crippen LogP contribution in [0.4, 0.5) is 11.4 Å². The highest BCUT2D eigenvalue weighted by Crippen LogP contribution is 2.36. The van der Waals surface area contributed by atoms with Crippen molar-refractivity contribution in [1.29, 1.82) is 0 Å². The van der Waals surface area contributed by atoms with Gasteiger partial charge in [-0.25, -0.2) is 4.99 Å². The fraction of sp³-hybridized carbons (Fsp3) is 0.348. The van der Waals surface area contributed by atoms with Crippen molar-refractivity contribution in [2.45, 2.75) is 12.8 Å². The molecule has 7 nitrogen and oxygen atoms in total. The summed E-state index contributed by atoms with van der Waals surface area (Å²) in [4.78, 5) is 34.2. The fourth-order valence-corrected chi connectivity index (χ4v) is 4.98. The standard InChI is InChI=1S/C23H23N3O4S/c27-21-13-16(15-26(21)18-7-8-19-20(14-18)30-11-10-29-19)22(28)25-9-4-12-31-23(25)24-17-5-2-1-3-6-17/h1-3,5-8,14,16H,4,9-13,15H2/t16-/m0/s1. The first-order valence-corrected chi connectivity index (χ1v) is 11.5. The number of thioether (sulfide) groups is 1. The second-order valence-electron chi connectivity index (χ2n) is 7.66. The number of anilines is 1. The Kier molecular flexibility index (Phi) is 5.55. The van der Waals surface area contributed by atoms with Crippen LogP contribution in [0, 0.1) is 5.92 Å². The van der Waals surface area contributed by atoms with E-state index in [1.807, 2.05) is 48.5 Å². The van der Waals surface area contributed by atoms with Crippen molar-refractivity contribution in [2.75, 3.05) is 37.0 Å². The van der Waals surface area contributed by atoms with Crippen molar-refractivity contribution < 1.29 is 19.1 Å². The zero-order valence-electron chi connectivity index (χ0n) is 17.0. The molecular formula is C23H23N3O4S. The molecule has 2 amide bonds. The maximum atomic E-state index is 13.4. The lowest BCUT2D eigenvalue weighted by atomic mass is 10.1. The van der Waals surface area contributed by atoms with Crippen molar-refractivity contribution in [1.82, 2.24) is 4.90 Å². The van der Waals surface area contributed by atoms with E-state index in [1.54, 1.807) is 21.6 Å². The molecule has 3 heterocycles. The first-order valence-electron chi connectivity index (χ1n) is 10.5. The van der Waals surface area contributed by atoms with E-state index in [4.69, 9.17) is 14.5 Å². The molecule has 160 valence electrons. The highest BCUT2D eigenvalue weighted by molar-refractivity contribution is 8.13. The largest absolute Gasteiger partial charge is 0.486 e. The van der Waals surface area contributed by atoms with E-state index in [1.165, 1.54) is 0 Å². The number of carbonyl (C=O) groups is 2. The Morgan fingerprint density at radius 3 is 2.71 bits per heavy atom. The maximum absolute atomic E-state index is 13.4. The van der Waals surface area contributed by atoms with E-state index >= 15 is 0 Å². The summed E-state index contributed by atoms with van der Waals surface area (Å²) in [6.07, 6.45) is 1.11. The Bertz CT molecular complexity index is 1030. The van der Waals surface area contributed by atoms with Crippen LogP contribution >= 0.6 is 11.8 Å². The smallest absolute Gasteiger partial charge is 0.233 e. The number of fused-ring (bicyclic) bond motifs is 1. The number of aliphatic imine (C=N–C) groups is 1. The van der Waals surface area contributed by atoms with Crippen LogP contribution in [0.25, 0.3) is 0 Å². The molecule has 31 heavy (non-hydrogen) atoms. The van der Waals surface area contributed by atoms with Gasteiger partial charge in [0.2, 0.25) is 11.8 Å². The Balaban J connectivity index is 1.34. The van der Waals surface area contributed by atoms with E-state index in [0.717, 1.165) is 23.5 Å². The monoisotopic (exact) mass is 437 g/mol. The summed E-state index contributed by atoms with van der Waals surface area (Å²) in [5.74, 6) is 1.77. The van der Waals surface area contributed by atoms with Crippen LogP contribution in [-0.2, 0) is 9.59 Å². The lowest BCUT2D eigenvalue weighted by Gasteiger charge is -2.30. The minimum absolute atomic E-state index is 0.0322. The van der Waals surface area contributed by atoms with E-state index in [9.17, 15) is 9.59 Å². The topological polar surface area (TPSA) is 71.4 Å². The van der Waals surface area contributed by atoms with Crippen molar-refractivity contribution in [3.63, 3.8) is 0 Å². The first kappa shape index (κ1) is 19.9. The van der Waals surface area contributed by atoms with Gasteiger partial charge in [0.25, 0.3) is 0 Å². The minimum atomic E-state index is -0.389. The number of para-hydroxylation sites is 1. The van der Waals surface area contributed by atoms with Gasteiger partial charge >= 0.3 is 0 Å². The van der Waals surface area contributed by atoms with E-state index < -0.39 is 0 Å². The lowest BCUT2D eigenvalue weighted by molar-refractivity contribution is -0.132. The molecule has 2 aromatic rings. The highest BCUT2D eigenvalue weighted by atomic mass is 32.2. The van der Waals surface area contributed by atoms with Gasteiger partial charge in [-0.1, -0.05) is 30.0 Å². The maximum Gasteiger partial charge on any atom is 0.233 e. The summed E-state index contributed by atoms with van der Waals surface area (Å²) in [7, 11) is 0. The predicted octanol–water partition coefficient (Wildman–Crippen LogP) is 3.46. The third kappa shape index (κ3) is 4.12. The predicted molar refractivity (Wildman–Crippen MR) is 120 cm³/mol. The lowest BCUT2D eigenvalue weighted by Crippen LogP contribution is -2.43. The summed E-state index contributed by atoms with van der Waals surface area (Å²) in [5, 5.41) is 0.715. The van der Waals surface area contributed by atoms with Gasteiger partial charge in [-0.3, -0.25) is 14.5 Å². The van der Waals surface area contributed by atoms with Gasteiger partial charge in [-0.05, 0) is 30.7 Å². The molecule has 2 saturated heterocycles. The number of benzene rings is 2. The summed E-state index contributed by atoms with van der Waals surface area (Å²) in [5.41, 5.74) is 1.56. The summed E-state index contributed by atoms with van der Waals surface area (Å²) in [6, 6.07) is 15.1. The zero-order valence-corrected chi connectivity index (χ0v) is 17.8. The molecule has 1 atom stereocenters. The third-order valence-electron chi connectivity index (χ3n) is 5.55. The van der Waals surface area contributed by atoms with Crippen LogP contribution in [0.15, 0.2) is 53.5 Å². The van der Waals surface area contributed by atoms with Gasteiger partial charge in [-0.15, -0.1) is 0 Å². The molecule has 3 aliphatic heterocycles. The Morgan fingerprint density at radius 1 is 1.06 bits per heavy atom. The summed E-state index contributed by atoms with van der Waals surface area (Å²) < 4.78 is 11.2. The molecular weight excluding hydrogens is 414 g/mol. The van der Waals surface area contributed by atoms with Crippen LogP contribution in [0.2, 0.25) is 0 Å². The third-order valence-corrected chi connectivity index (χ3v) is 6.61. The van der Waals surface area contributed by atoms with E-state index in [2.05, 4.69) is 0 Å². The molecule has 0 aliphatic carbocycles. The van der Waals surface area contributed by atoms with Crippen LogP contribution in [0.5, 0.6) is 11.5 Å². The Labute approximate surface area is 185 Å². The fourth-order valence-electron chi connectivity index (χ4n) is 4.01. The van der Waals surface area contributed by atoms with Gasteiger partial charge in [0, 0.05) is 37.0 Å². The van der Waals surface area contributed by atoms with E-state index in [0.29, 0.717) is 43.0 Å². The summed E-state index contributed by atoms with van der Waals surface area (Å²) in [6.45, 7) is 2.00. The second-order valence-corrected chi connectivity index (χ2v) is 8.72. The van der Waals surface area contributed by atoms with Gasteiger partial charge < -0.3 is 14.4 Å². The minimum Gasteiger partial charge on any atom is -0.486 e. The van der Waals surface area contributed by atoms with Crippen LogP contribution in [0.1, 0.15) is 12.8 Å². The normalized spacial score (nSPS) is 22.1. The number of carbonyl (C=O) groups excluding carboxylic acids is 2. The molecule has 0 N–H and O–H groups in total. The number of amidine groups is 1. The molecule has 0 bridgehead atoms. The SMILES string of the molecule is O=C([C@H]1CC(=O)N(c2ccc3c(c2)OCCO3)C1)N1CCCSC1=Nc1ccccc1. The van der Waals surface area contributed by atoms with Gasteiger partial charge in [0.05, 0.1) is 11.6 Å². The summed E-state index contributed by atoms with van der Waals surface area (Å²) >= 11 is 1.59. The van der Waals surface area contributed by atoms with E-state index in [-0.39, 0.29) is 24.2 Å². The highest BCUT2D eigenvalue weighted by Gasteiger charge is 2.39. The Hall–Kier alpha value is -3.00. The van der Waals surface area contributed by atoms with Crippen molar-refractivity contribution in [2.24, 2.45) is 10.9 Å². The molecule has 0 saturated carbocycles. The van der Waals surface area contributed by atoms with Crippen molar-refractivity contribution in [3.05, 3.63) is 48.5 Å². The van der Waals surface area contributed by atoms with Crippen LogP contribution in [-0.4, -0.2) is 53.9 Å². The number of ether oxygens (including phenoxy) is 2.